The van der Waals surface area contributed by atoms with Gasteiger partial charge in [0, 0.05) is 32.9 Å². The first-order chi connectivity index (χ1) is 25.7. The second-order valence-corrected chi connectivity index (χ2v) is 12.8. The Hall–Kier alpha value is -7.40. The Morgan fingerprint density at radius 1 is 0.462 bits per heavy atom. The van der Waals surface area contributed by atoms with Gasteiger partial charge in [-0.25, -0.2) is 4.85 Å². The van der Waals surface area contributed by atoms with Crippen LogP contribution in [-0.2, 0) is 0 Å². The van der Waals surface area contributed by atoms with Crippen LogP contribution in [0.15, 0.2) is 158 Å². The molecule has 0 saturated heterocycles. The number of aromatic nitrogens is 2. The summed E-state index contributed by atoms with van der Waals surface area (Å²) in [6.07, 6.45) is 7.93. The molecule has 0 bridgehead atoms. The summed E-state index contributed by atoms with van der Waals surface area (Å²) in [5, 5.41) is 14.9. The maximum Gasteiger partial charge on any atom is 0.194 e. The van der Waals surface area contributed by atoms with Gasteiger partial charge in [0.2, 0.25) is 0 Å². The summed E-state index contributed by atoms with van der Waals surface area (Å²) < 4.78 is 4.59. The minimum Gasteiger partial charge on any atom is -0.309 e. The summed E-state index contributed by atoms with van der Waals surface area (Å²) in [7, 11) is 0. The van der Waals surface area contributed by atoms with E-state index in [9.17, 15) is 5.26 Å². The third-order valence-electron chi connectivity index (χ3n) is 9.77. The van der Waals surface area contributed by atoms with E-state index in [1.54, 1.807) is 0 Å². The fourth-order valence-corrected chi connectivity index (χ4v) is 7.36. The lowest BCUT2D eigenvalue weighted by Crippen LogP contribution is -1.92. The molecule has 0 aliphatic heterocycles. The Morgan fingerprint density at radius 2 is 0.923 bits per heavy atom. The molecule has 4 heteroatoms. The molecule has 7 aromatic carbocycles. The second-order valence-electron chi connectivity index (χ2n) is 12.8. The van der Waals surface area contributed by atoms with Gasteiger partial charge in [-0.2, -0.15) is 5.26 Å². The van der Waals surface area contributed by atoms with Gasteiger partial charge < -0.3 is 9.13 Å². The number of para-hydroxylation sites is 4. The SMILES string of the molecule is [C-]#[N+]c1cc(/C=C/c2ccc3c(c2)c2ccccc2n3-c2ccccc2)c(C#N)cc1/C=C/c1ccc2c(c1)c1ccccc1n2-c1ccccc1. The molecule has 242 valence electrons. The molecule has 0 aliphatic carbocycles. The van der Waals surface area contributed by atoms with Gasteiger partial charge in [0.05, 0.1) is 40.3 Å². The van der Waals surface area contributed by atoms with Crippen LogP contribution in [0.1, 0.15) is 27.8 Å². The molecule has 9 rings (SSSR count). The van der Waals surface area contributed by atoms with E-state index < -0.39 is 0 Å². The third-order valence-corrected chi connectivity index (χ3v) is 9.77. The van der Waals surface area contributed by atoms with Crippen LogP contribution in [-0.4, -0.2) is 9.13 Å². The summed E-state index contributed by atoms with van der Waals surface area (Å²) in [4.78, 5) is 3.86. The smallest absolute Gasteiger partial charge is 0.194 e. The van der Waals surface area contributed by atoms with E-state index in [1.807, 2.05) is 48.6 Å². The van der Waals surface area contributed by atoms with Crippen molar-refractivity contribution in [3.63, 3.8) is 0 Å². The van der Waals surface area contributed by atoms with Crippen molar-refractivity contribution < 1.29 is 0 Å². The molecular formula is C48H30N4. The van der Waals surface area contributed by atoms with E-state index in [-0.39, 0.29) is 0 Å². The highest BCUT2D eigenvalue weighted by Crippen LogP contribution is 2.35. The molecule has 9 aromatic rings. The highest BCUT2D eigenvalue weighted by molar-refractivity contribution is 6.11. The molecule has 4 nitrogen and oxygen atoms in total. The zero-order chi connectivity index (χ0) is 35.0. The number of nitrogens with zero attached hydrogens (tertiary/aromatic N) is 4. The van der Waals surface area contributed by atoms with Gasteiger partial charge >= 0.3 is 0 Å². The van der Waals surface area contributed by atoms with Crippen molar-refractivity contribution in [2.45, 2.75) is 0 Å². The van der Waals surface area contributed by atoms with Crippen LogP contribution in [0.25, 0.3) is 84.1 Å². The zero-order valence-corrected chi connectivity index (χ0v) is 28.1. The predicted octanol–water partition coefficient (Wildman–Crippen LogP) is 12.6. The van der Waals surface area contributed by atoms with Crippen molar-refractivity contribution >= 4 is 73.6 Å². The van der Waals surface area contributed by atoms with Gasteiger partial charge in [-0.05, 0) is 95.1 Å². The lowest BCUT2D eigenvalue weighted by molar-refractivity contribution is 1.18. The van der Waals surface area contributed by atoms with Gasteiger partial charge in [0.25, 0.3) is 0 Å². The van der Waals surface area contributed by atoms with Crippen LogP contribution in [0, 0.1) is 17.9 Å². The summed E-state index contributed by atoms with van der Waals surface area (Å²) in [6.45, 7) is 7.99. The van der Waals surface area contributed by atoms with Crippen LogP contribution in [0.3, 0.4) is 0 Å². The monoisotopic (exact) mass is 662 g/mol. The molecule has 0 radical (unpaired) electrons. The molecular weight excluding hydrogens is 633 g/mol. The minimum atomic E-state index is 0.498. The van der Waals surface area contributed by atoms with E-state index in [0.717, 1.165) is 55.3 Å². The number of fused-ring (bicyclic) bond motifs is 6. The van der Waals surface area contributed by atoms with E-state index in [2.05, 4.69) is 154 Å². The minimum absolute atomic E-state index is 0.498. The molecule has 2 heterocycles. The van der Waals surface area contributed by atoms with Gasteiger partial charge in [-0.3, -0.25) is 0 Å². The standard InChI is InChI=1S/C48H30N4/c1-50-44-31-35(24-20-33-22-26-47-42(28-33)40-16-8-10-18-45(40)51(47)38-12-4-2-5-13-38)37(32-49)30-36(44)25-21-34-23-27-48-43(29-34)41-17-9-11-19-46(41)52(48)39-14-6-3-7-15-39/h2-31H/b24-20+,25-21+. The van der Waals surface area contributed by atoms with Crippen LogP contribution >= 0.6 is 0 Å². The summed E-state index contributed by atoms with van der Waals surface area (Å²) in [6, 6.07) is 56.6. The fraction of sp³-hybridized carbons (Fsp3) is 0. The average molecular weight is 663 g/mol. The number of hydrogen-bond donors (Lipinski definition) is 0. The maximum atomic E-state index is 10.2. The van der Waals surface area contributed by atoms with E-state index in [0.29, 0.717) is 22.4 Å². The average Bonchev–Trinajstić information content (AvgIpc) is 3.72. The van der Waals surface area contributed by atoms with Crippen LogP contribution in [0.5, 0.6) is 0 Å². The molecule has 0 amide bonds. The lowest BCUT2D eigenvalue weighted by atomic mass is 10.00. The maximum absolute atomic E-state index is 10.2. The van der Waals surface area contributed by atoms with Crippen molar-refractivity contribution in [1.29, 1.82) is 5.26 Å². The van der Waals surface area contributed by atoms with Crippen molar-refractivity contribution in [2.24, 2.45) is 0 Å². The second kappa shape index (κ2) is 12.8. The lowest BCUT2D eigenvalue weighted by Gasteiger charge is -2.07. The van der Waals surface area contributed by atoms with E-state index in [4.69, 9.17) is 6.57 Å². The van der Waals surface area contributed by atoms with Crippen molar-refractivity contribution in [3.05, 3.63) is 197 Å². The van der Waals surface area contributed by atoms with Crippen LogP contribution in [0.2, 0.25) is 0 Å². The first-order valence-corrected chi connectivity index (χ1v) is 17.2. The summed E-state index contributed by atoms with van der Waals surface area (Å²) in [5.41, 5.74) is 11.3. The molecule has 0 saturated carbocycles. The Balaban J connectivity index is 1.05. The first kappa shape index (κ1) is 30.6. The normalized spacial score (nSPS) is 11.7. The molecule has 0 spiro atoms. The first-order valence-electron chi connectivity index (χ1n) is 17.2. The molecule has 2 aromatic heterocycles. The molecule has 0 atom stereocenters. The number of nitriles is 1. The van der Waals surface area contributed by atoms with Crippen LogP contribution < -0.4 is 0 Å². The van der Waals surface area contributed by atoms with Gasteiger partial charge in [0.15, 0.2) is 5.69 Å². The molecule has 52 heavy (non-hydrogen) atoms. The Kier molecular flexibility index (Phi) is 7.55. The van der Waals surface area contributed by atoms with Crippen molar-refractivity contribution in [2.75, 3.05) is 0 Å². The Labute approximate surface area is 301 Å². The molecule has 0 aliphatic rings. The van der Waals surface area contributed by atoms with Gasteiger partial charge in [0.1, 0.15) is 0 Å². The summed E-state index contributed by atoms with van der Waals surface area (Å²) in [5.74, 6) is 0. The van der Waals surface area contributed by atoms with E-state index >= 15 is 0 Å². The number of benzene rings is 7. The highest BCUT2D eigenvalue weighted by atomic mass is 15.0. The van der Waals surface area contributed by atoms with Crippen molar-refractivity contribution in [1.82, 2.24) is 9.13 Å². The Morgan fingerprint density at radius 3 is 1.42 bits per heavy atom. The molecule has 0 fully saturated rings. The largest absolute Gasteiger partial charge is 0.309 e. The molecule has 0 unspecified atom stereocenters. The topological polar surface area (TPSA) is 38.0 Å². The van der Waals surface area contributed by atoms with E-state index in [1.165, 1.54) is 10.8 Å². The molecule has 0 N–H and O–H groups in total. The third kappa shape index (κ3) is 5.24. The zero-order valence-electron chi connectivity index (χ0n) is 28.1. The summed E-state index contributed by atoms with van der Waals surface area (Å²) >= 11 is 0. The number of hydrogen-bond acceptors (Lipinski definition) is 1. The number of rotatable bonds is 6. The van der Waals surface area contributed by atoms with Crippen LogP contribution in [0.4, 0.5) is 5.69 Å². The predicted molar refractivity (Wildman–Crippen MR) is 217 cm³/mol. The quantitative estimate of drug-likeness (QED) is 0.129. The Bertz CT molecular complexity index is 2760. The van der Waals surface area contributed by atoms with Gasteiger partial charge in [-0.1, -0.05) is 109 Å². The van der Waals surface area contributed by atoms with Crippen molar-refractivity contribution in [3.8, 4) is 17.4 Å². The fourth-order valence-electron chi connectivity index (χ4n) is 7.36. The van der Waals surface area contributed by atoms with Gasteiger partial charge in [-0.15, -0.1) is 0 Å². The highest BCUT2D eigenvalue weighted by Gasteiger charge is 2.14.